The second-order valence-corrected chi connectivity index (χ2v) is 24.4. The van der Waals surface area contributed by atoms with Crippen LogP contribution in [-0.4, -0.2) is 155 Å². The van der Waals surface area contributed by atoms with Crippen molar-refractivity contribution in [3.05, 3.63) is 0 Å². The molecule has 0 bridgehead atoms. The smallest absolute Gasteiger partial charge is 0.465 e. The van der Waals surface area contributed by atoms with E-state index in [0.717, 1.165) is 88.4 Å². The molecular weight excluding hydrogens is 987 g/mol. The number of rotatable bonds is 50. The molecule has 16 heteroatoms. The van der Waals surface area contributed by atoms with E-state index in [1.54, 1.807) is 10.8 Å². The van der Waals surface area contributed by atoms with E-state index in [4.69, 9.17) is 23.7 Å². The maximum atomic E-state index is 12.5. The van der Waals surface area contributed by atoms with Crippen molar-refractivity contribution in [2.75, 3.05) is 116 Å². The van der Waals surface area contributed by atoms with E-state index in [1.165, 1.54) is 108 Å². The molecule has 0 heterocycles. The first-order chi connectivity index (χ1) is 34.9. The second kappa shape index (κ2) is 62.5. The molecule has 0 saturated carbocycles. The summed E-state index contributed by atoms with van der Waals surface area (Å²) in [6.45, 7) is 21.2. The molecule has 12 nitrogen and oxygen atoms in total. The van der Waals surface area contributed by atoms with Crippen molar-refractivity contribution in [2.24, 2.45) is 5.92 Å². The summed E-state index contributed by atoms with van der Waals surface area (Å²) in [5, 5.41) is 0. The molecule has 0 aliphatic rings. The average molecular weight is 1100 g/mol. The van der Waals surface area contributed by atoms with Gasteiger partial charge in [-0.25, -0.2) is 4.79 Å². The van der Waals surface area contributed by atoms with Crippen LogP contribution in [0.15, 0.2) is 0 Å². The summed E-state index contributed by atoms with van der Waals surface area (Å²) in [7, 11) is 13.4. The van der Waals surface area contributed by atoms with Crippen LogP contribution in [0.3, 0.4) is 0 Å². The molecular formula is C56H113N3O9S4. The van der Waals surface area contributed by atoms with Crippen LogP contribution in [0.5, 0.6) is 0 Å². The van der Waals surface area contributed by atoms with Gasteiger partial charge in [-0.2, -0.15) is 0 Å². The maximum Gasteiger partial charge on any atom is 0.508 e. The highest BCUT2D eigenvalue weighted by atomic mass is 33.1. The Balaban J connectivity index is -0.00000171. The van der Waals surface area contributed by atoms with Gasteiger partial charge >= 0.3 is 24.1 Å². The predicted octanol–water partition coefficient (Wildman–Crippen LogP) is 15.2. The monoisotopic (exact) mass is 1100 g/mol. The molecule has 0 saturated heterocycles. The van der Waals surface area contributed by atoms with Crippen LogP contribution in [0.2, 0.25) is 0 Å². The number of ether oxygens (including phenoxy) is 5. The largest absolute Gasteiger partial charge is 0.508 e. The van der Waals surface area contributed by atoms with E-state index >= 15 is 0 Å². The van der Waals surface area contributed by atoms with Crippen LogP contribution in [-0.2, 0) is 38.1 Å². The Morgan fingerprint density at radius 2 is 0.806 bits per heavy atom. The van der Waals surface area contributed by atoms with Crippen LogP contribution in [0.25, 0.3) is 0 Å². The van der Waals surface area contributed by atoms with Gasteiger partial charge in [-0.15, -0.1) is 0 Å². The third-order valence-electron chi connectivity index (χ3n) is 11.3. The van der Waals surface area contributed by atoms with Crippen LogP contribution < -0.4 is 0 Å². The van der Waals surface area contributed by atoms with Gasteiger partial charge < -0.3 is 38.4 Å². The van der Waals surface area contributed by atoms with Gasteiger partial charge in [0.25, 0.3) is 0 Å². The fourth-order valence-corrected chi connectivity index (χ4v) is 11.0. The van der Waals surface area contributed by atoms with Gasteiger partial charge in [-0.05, 0) is 85.2 Å². The lowest BCUT2D eigenvalue weighted by molar-refractivity contribution is -0.145. The SMILES string of the molecule is CCC.CCCCCCCCSSCCOC(=O)CCN(C)C.CCCCCCCCSSCCOC(=O)CCN(CCCN(C)CCC)CCC(=O)OCCOC(=O)OCC(CCCC)CCCCCC. The number of hydrogen-bond donors (Lipinski definition) is 0. The van der Waals surface area contributed by atoms with Gasteiger partial charge in [0.1, 0.15) is 26.4 Å². The molecule has 1 unspecified atom stereocenters. The first-order valence-electron chi connectivity index (χ1n) is 28.7. The van der Waals surface area contributed by atoms with Crippen LogP contribution in [0.1, 0.15) is 215 Å². The predicted molar refractivity (Wildman–Crippen MR) is 316 cm³/mol. The van der Waals surface area contributed by atoms with Crippen molar-refractivity contribution in [2.45, 2.75) is 215 Å². The Bertz CT molecular complexity index is 1170. The molecule has 0 fully saturated rings. The molecule has 430 valence electrons. The van der Waals surface area contributed by atoms with E-state index in [1.807, 2.05) is 51.4 Å². The van der Waals surface area contributed by atoms with Gasteiger partial charge in [0.15, 0.2) is 0 Å². The minimum absolute atomic E-state index is 0.00634. The van der Waals surface area contributed by atoms with Crippen molar-refractivity contribution in [1.29, 1.82) is 0 Å². The summed E-state index contributed by atoms with van der Waals surface area (Å²) in [6, 6.07) is 0. The maximum absolute atomic E-state index is 12.5. The standard InChI is InChI=1S/C38H74N2O7S2.C15H31NO2S2.C3H8/c1-6-10-13-15-16-18-32-48-49-33-31-45-37(42)23-28-40(26-19-25-39(5)24-9-4)27-22-36(41)44-29-30-46-38(43)47-34-35(20-12-8-3)21-17-14-11-7-2;1-4-5-6-7-8-9-13-19-20-14-12-18-15(17)10-11-16(2)3;1-3-2/h35H,6-34H2,1-5H3;4-14H2,1-3H3;3H2,1-2H3. The summed E-state index contributed by atoms with van der Waals surface area (Å²) >= 11 is 0. The topological polar surface area (TPSA) is 124 Å². The highest BCUT2D eigenvalue weighted by molar-refractivity contribution is 8.77. The number of hydrogen-bond acceptors (Lipinski definition) is 16. The van der Waals surface area contributed by atoms with E-state index < -0.39 is 6.16 Å². The Kier molecular flexibility index (Phi) is 65.3. The summed E-state index contributed by atoms with van der Waals surface area (Å²) in [5.74, 6) is 3.78. The summed E-state index contributed by atoms with van der Waals surface area (Å²) in [6.07, 6.45) is 28.7. The van der Waals surface area contributed by atoms with Gasteiger partial charge in [0.2, 0.25) is 0 Å². The summed E-state index contributed by atoms with van der Waals surface area (Å²) < 4.78 is 26.5. The quantitative estimate of drug-likeness (QED) is 0.0248. The number of unbranched alkanes of at least 4 members (excludes halogenated alkanes) is 14. The molecule has 0 aromatic rings. The fraction of sp³-hybridized carbons (Fsp3) is 0.929. The van der Waals surface area contributed by atoms with Gasteiger partial charge in [0, 0.05) is 42.6 Å². The molecule has 1 atom stereocenters. The molecule has 0 rings (SSSR count). The highest BCUT2D eigenvalue weighted by Crippen LogP contribution is 2.24. The Morgan fingerprint density at radius 3 is 1.29 bits per heavy atom. The van der Waals surface area contributed by atoms with Crippen molar-refractivity contribution in [3.63, 3.8) is 0 Å². The zero-order valence-corrected chi connectivity index (χ0v) is 51.5. The molecule has 0 aromatic carbocycles. The number of carbonyl (C=O) groups excluding carboxylic acids is 4. The summed E-state index contributed by atoms with van der Waals surface area (Å²) in [5.41, 5.74) is 0. The van der Waals surface area contributed by atoms with Crippen molar-refractivity contribution >= 4 is 67.2 Å². The van der Waals surface area contributed by atoms with Gasteiger partial charge in [0.05, 0.1) is 25.9 Å². The van der Waals surface area contributed by atoms with E-state index in [-0.39, 0.29) is 37.5 Å². The number of carbonyl (C=O) groups is 4. The lowest BCUT2D eigenvalue weighted by atomic mass is 9.96. The number of esters is 3. The minimum Gasteiger partial charge on any atom is -0.465 e. The molecule has 0 amide bonds. The lowest BCUT2D eigenvalue weighted by Gasteiger charge is -2.23. The fourth-order valence-electron chi connectivity index (χ4n) is 7.09. The van der Waals surface area contributed by atoms with E-state index in [9.17, 15) is 19.2 Å². The van der Waals surface area contributed by atoms with Crippen LogP contribution >= 0.6 is 43.2 Å². The van der Waals surface area contributed by atoms with Crippen LogP contribution in [0, 0.1) is 5.92 Å². The van der Waals surface area contributed by atoms with Crippen molar-refractivity contribution in [3.8, 4) is 0 Å². The summed E-state index contributed by atoms with van der Waals surface area (Å²) in [4.78, 5) is 54.8. The molecule has 0 N–H and O–H groups in total. The normalized spacial score (nSPS) is 11.5. The second-order valence-electron chi connectivity index (χ2n) is 19.0. The van der Waals surface area contributed by atoms with Gasteiger partial charge in [-0.1, -0.05) is 201 Å². The third kappa shape index (κ3) is 63.3. The lowest BCUT2D eigenvalue weighted by Crippen LogP contribution is -2.33. The molecule has 0 radical (unpaired) electrons. The average Bonchev–Trinajstić information content (AvgIpc) is 3.36. The van der Waals surface area contributed by atoms with Crippen molar-refractivity contribution in [1.82, 2.24) is 14.7 Å². The zero-order valence-electron chi connectivity index (χ0n) is 48.2. The third-order valence-corrected chi connectivity index (χ3v) is 16.2. The van der Waals surface area contributed by atoms with E-state index in [0.29, 0.717) is 51.7 Å². The Hall–Kier alpha value is -1.04. The Labute approximate surface area is 460 Å². The van der Waals surface area contributed by atoms with Gasteiger partial charge in [-0.3, -0.25) is 14.4 Å². The molecule has 0 aliphatic carbocycles. The first-order valence-corrected chi connectivity index (χ1v) is 33.7. The molecule has 72 heavy (non-hydrogen) atoms. The molecule has 0 spiro atoms. The highest BCUT2D eigenvalue weighted by Gasteiger charge is 2.15. The molecule has 0 aliphatic heterocycles. The number of nitrogens with zero attached hydrogens (tertiary/aromatic N) is 3. The first kappa shape index (κ1) is 75.2. The van der Waals surface area contributed by atoms with Crippen LogP contribution in [0.4, 0.5) is 4.79 Å². The van der Waals surface area contributed by atoms with E-state index in [2.05, 4.69) is 65.3 Å². The molecule has 0 aromatic heterocycles. The van der Waals surface area contributed by atoms with Crippen molar-refractivity contribution < 1.29 is 42.9 Å². The minimum atomic E-state index is -0.706. The Morgan fingerprint density at radius 1 is 0.389 bits per heavy atom. The zero-order chi connectivity index (χ0) is 54.0.